The molecule has 0 aliphatic carbocycles. The van der Waals surface area contributed by atoms with Crippen molar-refractivity contribution in [3.63, 3.8) is 0 Å². The van der Waals surface area contributed by atoms with Crippen molar-refractivity contribution >= 4 is 5.91 Å². The van der Waals surface area contributed by atoms with Crippen LogP contribution in [0.2, 0.25) is 0 Å². The van der Waals surface area contributed by atoms with Gasteiger partial charge in [-0.1, -0.05) is 76.3 Å². The number of carbonyl (C=O) groups excluding carboxylic acids is 1. The lowest BCUT2D eigenvalue weighted by atomic mass is 10.0. The van der Waals surface area contributed by atoms with E-state index in [2.05, 4.69) is 37.8 Å². The Hall–Kier alpha value is -1.31. The first-order chi connectivity index (χ1) is 11.2. The molecule has 2 N–H and O–H groups in total. The van der Waals surface area contributed by atoms with Crippen LogP contribution in [0.1, 0.15) is 90.4 Å². The fourth-order valence-electron chi connectivity index (χ4n) is 2.45. The normalized spacial score (nSPS) is 11.5. The Kier molecular flexibility index (Phi) is 16.1. The van der Waals surface area contributed by atoms with Crippen molar-refractivity contribution in [2.24, 2.45) is 5.73 Å². The second-order valence-corrected chi connectivity index (χ2v) is 6.30. The molecule has 0 aromatic heterocycles. The first-order valence-electron chi connectivity index (χ1n) is 9.46. The summed E-state index contributed by atoms with van der Waals surface area (Å²) in [5.41, 5.74) is 5.72. The van der Waals surface area contributed by atoms with Crippen molar-refractivity contribution in [2.75, 3.05) is 0 Å². The van der Waals surface area contributed by atoms with Gasteiger partial charge in [-0.3, -0.25) is 4.79 Å². The molecule has 0 rings (SSSR count). The molecular formula is C21H37NO. The summed E-state index contributed by atoms with van der Waals surface area (Å²) < 4.78 is 0. The summed E-state index contributed by atoms with van der Waals surface area (Å²) in [6, 6.07) is 0. The predicted octanol–water partition coefficient (Wildman–Crippen LogP) is 6.23. The molecule has 0 heterocycles. The molecule has 0 aliphatic rings. The molecule has 2 heteroatoms. The van der Waals surface area contributed by atoms with Gasteiger partial charge in [0.15, 0.2) is 0 Å². The third-order valence-electron chi connectivity index (χ3n) is 4.03. The summed E-state index contributed by atoms with van der Waals surface area (Å²) in [5, 5.41) is 0. The van der Waals surface area contributed by atoms with Crippen LogP contribution in [-0.2, 0) is 4.79 Å². The van der Waals surface area contributed by atoms with Gasteiger partial charge >= 0.3 is 0 Å². The molecule has 23 heavy (non-hydrogen) atoms. The van der Waals surface area contributed by atoms with E-state index in [1.54, 1.807) is 0 Å². The topological polar surface area (TPSA) is 43.1 Å². The molecule has 0 fully saturated rings. The van der Waals surface area contributed by atoms with Crippen molar-refractivity contribution in [3.8, 4) is 0 Å². The predicted molar refractivity (Wildman–Crippen MR) is 102 cm³/mol. The van der Waals surface area contributed by atoms with Gasteiger partial charge in [-0.25, -0.2) is 0 Å². The monoisotopic (exact) mass is 319 g/mol. The minimum atomic E-state index is -0.354. The van der Waals surface area contributed by atoms with Crippen LogP contribution in [0.4, 0.5) is 0 Å². The molecule has 0 unspecified atom stereocenters. The molecule has 0 saturated heterocycles. The minimum Gasteiger partial charge on any atom is -0.366 e. The maximum atomic E-state index is 10.8. The van der Waals surface area contributed by atoms with Crippen LogP contribution in [0.25, 0.3) is 0 Å². The third kappa shape index (κ3) is 16.9. The molecule has 0 saturated carbocycles. The number of carbonyl (C=O) groups is 1. The van der Waals surface area contributed by atoms with E-state index in [9.17, 15) is 4.79 Å². The SMILES string of the molecule is C=C(CCCCCCCC/C=C\C/C=C\CCCCC)C(N)=O. The van der Waals surface area contributed by atoms with Crippen molar-refractivity contribution in [1.29, 1.82) is 0 Å². The van der Waals surface area contributed by atoms with E-state index >= 15 is 0 Å². The summed E-state index contributed by atoms with van der Waals surface area (Å²) >= 11 is 0. The van der Waals surface area contributed by atoms with Gasteiger partial charge in [0, 0.05) is 5.57 Å². The number of hydrogen-bond donors (Lipinski definition) is 1. The van der Waals surface area contributed by atoms with Crippen LogP contribution < -0.4 is 5.73 Å². The molecule has 1 amide bonds. The Labute approximate surface area is 143 Å². The van der Waals surface area contributed by atoms with E-state index in [0.717, 1.165) is 19.3 Å². The van der Waals surface area contributed by atoms with Gasteiger partial charge in [-0.05, 0) is 44.9 Å². The van der Waals surface area contributed by atoms with Crippen molar-refractivity contribution in [2.45, 2.75) is 90.4 Å². The largest absolute Gasteiger partial charge is 0.366 e. The zero-order valence-electron chi connectivity index (χ0n) is 15.2. The lowest BCUT2D eigenvalue weighted by Crippen LogP contribution is -2.12. The van der Waals surface area contributed by atoms with Gasteiger partial charge in [0.2, 0.25) is 5.91 Å². The molecule has 0 bridgehead atoms. The Balaban J connectivity index is 3.25. The van der Waals surface area contributed by atoms with Gasteiger partial charge in [0.05, 0.1) is 0 Å². The molecular weight excluding hydrogens is 282 g/mol. The standard InChI is InChI=1S/C21H37NO/c1-3-4-5-6-7-8-9-10-11-12-13-14-15-16-17-18-19-20(2)21(22)23/h7-8,10-11H,2-6,9,12-19H2,1H3,(H2,22,23)/b8-7-,11-10-. The van der Waals surface area contributed by atoms with Gasteiger partial charge in [-0.15, -0.1) is 0 Å². The van der Waals surface area contributed by atoms with E-state index in [4.69, 9.17) is 5.73 Å². The second kappa shape index (κ2) is 17.1. The van der Waals surface area contributed by atoms with Crippen LogP contribution in [0, 0.1) is 0 Å². The van der Waals surface area contributed by atoms with Crippen LogP contribution in [-0.4, -0.2) is 5.91 Å². The molecule has 0 aromatic carbocycles. The highest BCUT2D eigenvalue weighted by atomic mass is 16.1. The van der Waals surface area contributed by atoms with Crippen LogP contribution in [0.3, 0.4) is 0 Å². The van der Waals surface area contributed by atoms with Gasteiger partial charge in [-0.2, -0.15) is 0 Å². The summed E-state index contributed by atoms with van der Waals surface area (Å²) in [4.78, 5) is 10.8. The Morgan fingerprint density at radius 1 is 0.826 bits per heavy atom. The number of hydrogen-bond acceptors (Lipinski definition) is 1. The summed E-state index contributed by atoms with van der Waals surface area (Å²) in [6.07, 6.45) is 24.7. The van der Waals surface area contributed by atoms with Gasteiger partial charge in [0.25, 0.3) is 0 Å². The third-order valence-corrected chi connectivity index (χ3v) is 4.03. The molecule has 0 spiro atoms. The first-order valence-corrected chi connectivity index (χ1v) is 9.46. The molecule has 0 aliphatic heterocycles. The van der Waals surface area contributed by atoms with Crippen LogP contribution >= 0.6 is 0 Å². The number of allylic oxidation sites excluding steroid dienone is 4. The Bertz CT molecular complexity index is 355. The van der Waals surface area contributed by atoms with E-state index in [1.807, 2.05) is 0 Å². The fourth-order valence-corrected chi connectivity index (χ4v) is 2.45. The van der Waals surface area contributed by atoms with Crippen molar-refractivity contribution < 1.29 is 4.79 Å². The van der Waals surface area contributed by atoms with Crippen molar-refractivity contribution in [3.05, 3.63) is 36.5 Å². The van der Waals surface area contributed by atoms with Gasteiger partial charge < -0.3 is 5.73 Å². The molecule has 2 nitrogen and oxygen atoms in total. The highest BCUT2D eigenvalue weighted by molar-refractivity contribution is 5.91. The average molecular weight is 320 g/mol. The highest BCUT2D eigenvalue weighted by Gasteiger charge is 2.00. The van der Waals surface area contributed by atoms with Crippen molar-refractivity contribution in [1.82, 2.24) is 0 Å². The Morgan fingerprint density at radius 3 is 1.91 bits per heavy atom. The van der Waals surface area contributed by atoms with E-state index in [1.165, 1.54) is 64.2 Å². The minimum absolute atomic E-state index is 0.354. The maximum absolute atomic E-state index is 10.8. The average Bonchev–Trinajstić information content (AvgIpc) is 2.54. The number of amides is 1. The summed E-state index contributed by atoms with van der Waals surface area (Å²) in [6.45, 7) is 5.92. The number of unbranched alkanes of at least 4 members (excludes halogenated alkanes) is 9. The highest BCUT2D eigenvalue weighted by Crippen LogP contribution is 2.11. The molecule has 0 radical (unpaired) electrons. The number of nitrogens with two attached hydrogens (primary N) is 1. The number of primary amides is 1. The summed E-state index contributed by atoms with van der Waals surface area (Å²) in [5.74, 6) is -0.354. The molecule has 0 aromatic rings. The maximum Gasteiger partial charge on any atom is 0.244 e. The quantitative estimate of drug-likeness (QED) is 0.204. The smallest absolute Gasteiger partial charge is 0.244 e. The second-order valence-electron chi connectivity index (χ2n) is 6.30. The number of rotatable bonds is 16. The molecule has 0 atom stereocenters. The van der Waals surface area contributed by atoms with E-state index < -0.39 is 0 Å². The summed E-state index contributed by atoms with van der Waals surface area (Å²) in [7, 11) is 0. The molecule has 132 valence electrons. The fraction of sp³-hybridized carbons (Fsp3) is 0.667. The Morgan fingerprint density at radius 2 is 1.35 bits per heavy atom. The lowest BCUT2D eigenvalue weighted by molar-refractivity contribution is -0.114. The van der Waals surface area contributed by atoms with Gasteiger partial charge in [0.1, 0.15) is 0 Å². The van der Waals surface area contributed by atoms with Crippen LogP contribution in [0.5, 0.6) is 0 Å². The van der Waals surface area contributed by atoms with E-state index in [-0.39, 0.29) is 5.91 Å². The zero-order chi connectivity index (χ0) is 17.2. The van der Waals surface area contributed by atoms with E-state index in [0.29, 0.717) is 5.57 Å². The lowest BCUT2D eigenvalue weighted by Gasteiger charge is -2.02. The first kappa shape index (κ1) is 21.7. The van der Waals surface area contributed by atoms with Crippen LogP contribution in [0.15, 0.2) is 36.5 Å². The zero-order valence-corrected chi connectivity index (χ0v) is 15.2.